The molecule has 3 rings (SSSR count). The van der Waals surface area contributed by atoms with Crippen LogP contribution in [0.2, 0.25) is 0 Å². The quantitative estimate of drug-likeness (QED) is 0.440. The summed E-state index contributed by atoms with van der Waals surface area (Å²) < 4.78 is 26.6. The summed E-state index contributed by atoms with van der Waals surface area (Å²) in [5.74, 6) is -0.382. The Bertz CT molecular complexity index is 1120. The van der Waals surface area contributed by atoms with Crippen LogP contribution in [0.5, 0.6) is 11.6 Å². The molecule has 0 aliphatic heterocycles. The van der Waals surface area contributed by atoms with Gasteiger partial charge in [-0.05, 0) is 67.2 Å². The van der Waals surface area contributed by atoms with Crippen molar-refractivity contribution in [3.8, 4) is 17.3 Å². The van der Waals surface area contributed by atoms with Crippen molar-refractivity contribution < 1.29 is 23.8 Å². The van der Waals surface area contributed by atoms with Crippen LogP contribution in [0.1, 0.15) is 18.2 Å². The highest BCUT2D eigenvalue weighted by atomic mass is 32.1. The van der Waals surface area contributed by atoms with Gasteiger partial charge in [-0.1, -0.05) is 12.1 Å². The van der Waals surface area contributed by atoms with E-state index in [1.807, 2.05) is 24.3 Å². The maximum Gasteiger partial charge on any atom is 0.312 e. The molecule has 1 aromatic heterocycles. The Morgan fingerprint density at radius 2 is 1.83 bits per heavy atom. The first-order valence-corrected chi connectivity index (χ1v) is 9.64. The molecule has 156 valence electrons. The number of ether oxygens (including phenoxy) is 2. The molecule has 0 aliphatic carbocycles. The number of rotatable bonds is 7. The normalized spacial score (nSPS) is 11.0. The lowest BCUT2D eigenvalue weighted by atomic mass is 10.2. The molecule has 0 aliphatic rings. The number of nitrogens with zero attached hydrogens (tertiary/aromatic N) is 2. The van der Waals surface area contributed by atoms with Gasteiger partial charge >= 0.3 is 5.97 Å². The standard InChI is InChI=1S/C22H21FN2O4S/c1-3-29-20(26)14-19-21(27)25(17-8-6-16(23)7-9-17)22(30)24(19)13-12-15-4-10-18(28-2)11-5-15/h4-13,27H,3,14H2,1-2H3. The highest BCUT2D eigenvalue weighted by molar-refractivity contribution is 7.71. The van der Waals surface area contributed by atoms with Gasteiger partial charge in [-0.2, -0.15) is 0 Å². The van der Waals surface area contributed by atoms with E-state index in [4.69, 9.17) is 21.7 Å². The van der Waals surface area contributed by atoms with E-state index in [0.29, 0.717) is 5.69 Å². The summed E-state index contributed by atoms with van der Waals surface area (Å²) in [5.41, 5.74) is 1.61. The third-order valence-electron chi connectivity index (χ3n) is 4.39. The van der Waals surface area contributed by atoms with Gasteiger partial charge in [-0.3, -0.25) is 13.9 Å². The van der Waals surface area contributed by atoms with E-state index in [0.717, 1.165) is 11.3 Å². The summed E-state index contributed by atoms with van der Waals surface area (Å²) in [6.45, 7) is 1.93. The topological polar surface area (TPSA) is 65.6 Å². The second-order valence-electron chi connectivity index (χ2n) is 6.31. The monoisotopic (exact) mass is 428 g/mol. The fourth-order valence-corrected chi connectivity index (χ4v) is 3.28. The van der Waals surface area contributed by atoms with Crippen LogP contribution in [0.4, 0.5) is 4.39 Å². The molecule has 2 aromatic carbocycles. The number of aromatic hydroxyl groups is 1. The molecule has 0 fully saturated rings. The first-order chi connectivity index (χ1) is 14.4. The van der Waals surface area contributed by atoms with Gasteiger partial charge in [0.2, 0.25) is 5.88 Å². The summed E-state index contributed by atoms with van der Waals surface area (Å²) in [5, 5.41) is 10.8. The molecule has 1 N–H and O–H groups in total. The highest BCUT2D eigenvalue weighted by Gasteiger charge is 2.20. The smallest absolute Gasteiger partial charge is 0.312 e. The summed E-state index contributed by atoms with van der Waals surface area (Å²) in [6, 6.07) is 12.9. The van der Waals surface area contributed by atoms with Gasteiger partial charge in [-0.25, -0.2) is 4.39 Å². The average Bonchev–Trinajstić information content (AvgIpc) is 2.97. The molecule has 0 unspecified atom stereocenters. The molecule has 0 amide bonds. The van der Waals surface area contributed by atoms with Crippen molar-refractivity contribution in [3.05, 3.63) is 70.4 Å². The van der Waals surface area contributed by atoms with Crippen LogP contribution in [0, 0.1) is 10.6 Å². The fourth-order valence-electron chi connectivity index (χ4n) is 2.92. The van der Waals surface area contributed by atoms with Crippen molar-refractivity contribution in [2.45, 2.75) is 13.3 Å². The molecule has 30 heavy (non-hydrogen) atoms. The third kappa shape index (κ3) is 4.60. The van der Waals surface area contributed by atoms with Crippen molar-refractivity contribution in [3.63, 3.8) is 0 Å². The minimum Gasteiger partial charge on any atom is -0.497 e. The van der Waals surface area contributed by atoms with Gasteiger partial charge in [0.05, 0.1) is 31.5 Å². The van der Waals surface area contributed by atoms with Gasteiger partial charge in [0.1, 0.15) is 11.6 Å². The lowest BCUT2D eigenvalue weighted by Gasteiger charge is -2.05. The molecule has 0 spiro atoms. The molecule has 0 radical (unpaired) electrons. The maximum atomic E-state index is 13.3. The Morgan fingerprint density at radius 3 is 2.43 bits per heavy atom. The van der Waals surface area contributed by atoms with Crippen molar-refractivity contribution >= 4 is 30.5 Å². The Balaban J connectivity index is 2.07. The van der Waals surface area contributed by atoms with Crippen LogP contribution in [0.3, 0.4) is 0 Å². The number of benzene rings is 2. The van der Waals surface area contributed by atoms with E-state index in [1.165, 1.54) is 33.4 Å². The lowest BCUT2D eigenvalue weighted by molar-refractivity contribution is -0.142. The Hall–Kier alpha value is -3.39. The van der Waals surface area contributed by atoms with Crippen LogP contribution in [-0.2, 0) is 16.0 Å². The second kappa shape index (κ2) is 9.41. The van der Waals surface area contributed by atoms with Crippen LogP contribution in [-0.4, -0.2) is 33.9 Å². The number of hydrogen-bond donors (Lipinski definition) is 1. The first-order valence-electron chi connectivity index (χ1n) is 9.23. The Kier molecular flexibility index (Phi) is 6.68. The van der Waals surface area contributed by atoms with Crippen LogP contribution < -0.4 is 4.74 Å². The summed E-state index contributed by atoms with van der Waals surface area (Å²) in [7, 11) is 1.59. The molecule has 0 saturated carbocycles. The zero-order valence-corrected chi connectivity index (χ0v) is 17.4. The minimum absolute atomic E-state index is 0.176. The number of imidazole rings is 1. The van der Waals surface area contributed by atoms with Crippen molar-refractivity contribution in [2.75, 3.05) is 13.7 Å². The minimum atomic E-state index is -0.495. The van der Waals surface area contributed by atoms with E-state index in [-0.39, 0.29) is 29.4 Å². The second-order valence-corrected chi connectivity index (χ2v) is 6.67. The Labute approximate surface area is 178 Å². The highest BCUT2D eigenvalue weighted by Crippen LogP contribution is 2.27. The molecule has 0 atom stereocenters. The number of hydrogen-bond acceptors (Lipinski definition) is 5. The predicted molar refractivity (Wildman–Crippen MR) is 115 cm³/mol. The zero-order valence-electron chi connectivity index (χ0n) is 16.5. The van der Waals surface area contributed by atoms with Crippen molar-refractivity contribution in [1.82, 2.24) is 9.13 Å². The molecular formula is C22H21FN2O4S. The van der Waals surface area contributed by atoms with Crippen LogP contribution in [0.25, 0.3) is 18.0 Å². The predicted octanol–water partition coefficient (Wildman–Crippen LogP) is 4.60. The molecule has 8 heteroatoms. The van der Waals surface area contributed by atoms with Crippen molar-refractivity contribution in [1.29, 1.82) is 0 Å². The van der Waals surface area contributed by atoms with Crippen LogP contribution in [0.15, 0.2) is 48.5 Å². The van der Waals surface area contributed by atoms with E-state index in [9.17, 15) is 14.3 Å². The molecule has 1 heterocycles. The lowest BCUT2D eigenvalue weighted by Crippen LogP contribution is -2.10. The number of aromatic nitrogens is 2. The number of esters is 1. The third-order valence-corrected chi connectivity index (χ3v) is 4.77. The van der Waals surface area contributed by atoms with E-state index in [1.54, 1.807) is 26.3 Å². The first kappa shape index (κ1) is 21.3. The maximum absolute atomic E-state index is 13.3. The average molecular weight is 428 g/mol. The van der Waals surface area contributed by atoms with E-state index >= 15 is 0 Å². The largest absolute Gasteiger partial charge is 0.497 e. The molecule has 0 saturated heterocycles. The van der Waals surface area contributed by atoms with Gasteiger partial charge in [0, 0.05) is 6.20 Å². The summed E-state index contributed by atoms with van der Waals surface area (Å²) >= 11 is 5.54. The Morgan fingerprint density at radius 1 is 1.17 bits per heavy atom. The fraction of sp³-hybridized carbons (Fsp3) is 0.182. The van der Waals surface area contributed by atoms with Crippen LogP contribution >= 0.6 is 12.2 Å². The van der Waals surface area contributed by atoms with Gasteiger partial charge in [-0.15, -0.1) is 0 Å². The number of methoxy groups -OCH3 is 1. The SMILES string of the molecule is CCOC(=O)Cc1c(O)n(-c2ccc(F)cc2)c(=S)n1C=Cc1ccc(OC)cc1. The molecule has 0 bridgehead atoms. The zero-order chi connectivity index (χ0) is 21.7. The van der Waals surface area contributed by atoms with Crippen molar-refractivity contribution in [2.24, 2.45) is 0 Å². The van der Waals surface area contributed by atoms with Gasteiger partial charge < -0.3 is 14.6 Å². The van der Waals surface area contributed by atoms with E-state index in [2.05, 4.69) is 0 Å². The summed E-state index contributed by atoms with van der Waals surface area (Å²) in [4.78, 5) is 12.1. The number of halogens is 1. The molecule has 6 nitrogen and oxygen atoms in total. The molecular weight excluding hydrogens is 407 g/mol. The molecule has 3 aromatic rings. The number of carbonyl (C=O) groups is 1. The number of carbonyl (C=O) groups excluding carboxylic acids is 1. The van der Waals surface area contributed by atoms with E-state index < -0.39 is 11.8 Å². The van der Waals surface area contributed by atoms with Gasteiger partial charge in [0.25, 0.3) is 0 Å². The summed E-state index contributed by atoms with van der Waals surface area (Å²) in [6.07, 6.45) is 3.28. The van der Waals surface area contributed by atoms with Gasteiger partial charge in [0.15, 0.2) is 4.77 Å².